The maximum absolute atomic E-state index is 10.3. The van der Waals surface area contributed by atoms with Gasteiger partial charge in [-0.15, -0.1) is 0 Å². The second-order valence-electron chi connectivity index (χ2n) is 6.44. The fraction of sp³-hybridized carbons (Fsp3) is 0.611. The van der Waals surface area contributed by atoms with Crippen molar-refractivity contribution in [2.45, 2.75) is 6.92 Å². The highest BCUT2D eigenvalue weighted by molar-refractivity contribution is 5.87. The number of carbonyl (C=O) groups is 1. The summed E-state index contributed by atoms with van der Waals surface area (Å²) in [6.07, 6.45) is 0. The normalized spacial score (nSPS) is 11.0. The molecule has 0 bridgehead atoms. The maximum atomic E-state index is 10.3. The van der Waals surface area contributed by atoms with Gasteiger partial charge in [0.2, 0.25) is 0 Å². The molecule has 0 radical (unpaired) electrons. The maximum Gasteiger partial charge on any atom is 0.335 e. The molecule has 0 saturated heterocycles. The zero-order valence-corrected chi connectivity index (χ0v) is 15.9. The van der Waals surface area contributed by atoms with Crippen LogP contribution in [-0.2, 0) is 0 Å². The topological polar surface area (TPSA) is 199 Å². The van der Waals surface area contributed by atoms with E-state index in [1.165, 1.54) is 0 Å². The lowest BCUT2D eigenvalue weighted by molar-refractivity contribution is -0.0332. The molecular formula is C18H32O10. The average Bonchev–Trinajstić information content (AvgIpc) is 2.74. The molecule has 0 amide bonds. The first-order valence-corrected chi connectivity index (χ1v) is 8.36. The summed E-state index contributed by atoms with van der Waals surface area (Å²) in [7, 11) is 0. The van der Waals surface area contributed by atoms with Crippen LogP contribution in [0.2, 0.25) is 0 Å². The first kappa shape index (κ1) is 28.6. The van der Waals surface area contributed by atoms with E-state index in [0.717, 1.165) is 5.56 Å². The van der Waals surface area contributed by atoms with E-state index < -0.39 is 69.7 Å². The van der Waals surface area contributed by atoms with Gasteiger partial charge in [-0.05, 0) is 19.1 Å². The molecule has 0 heterocycles. The third-order valence-electron chi connectivity index (χ3n) is 3.98. The predicted molar refractivity (Wildman–Crippen MR) is 99.7 cm³/mol. The van der Waals surface area contributed by atoms with E-state index >= 15 is 0 Å². The van der Waals surface area contributed by atoms with Gasteiger partial charge in [-0.3, -0.25) is 0 Å². The lowest BCUT2D eigenvalue weighted by atomic mass is 9.93. The van der Waals surface area contributed by atoms with E-state index in [2.05, 4.69) is 0 Å². The van der Waals surface area contributed by atoms with Crippen LogP contribution >= 0.6 is 0 Å². The molecule has 0 aromatic heterocycles. The first-order chi connectivity index (χ1) is 13.2. The van der Waals surface area contributed by atoms with Crippen LogP contribution in [0, 0.1) is 17.8 Å². The second kappa shape index (κ2) is 15.3. The molecule has 10 nitrogen and oxygen atoms in total. The van der Waals surface area contributed by atoms with E-state index in [1.54, 1.807) is 24.3 Å². The fourth-order valence-corrected chi connectivity index (χ4v) is 1.30. The van der Waals surface area contributed by atoms with E-state index in [4.69, 9.17) is 46.0 Å². The quantitative estimate of drug-likeness (QED) is 0.212. The van der Waals surface area contributed by atoms with Crippen LogP contribution in [0.5, 0.6) is 0 Å². The molecule has 0 fully saturated rings. The number of rotatable bonds is 9. The lowest BCUT2D eigenvalue weighted by Crippen LogP contribution is -2.37. The number of aliphatic hydroxyl groups excluding tert-OH is 8. The minimum atomic E-state index is -1.11. The molecule has 0 spiro atoms. The van der Waals surface area contributed by atoms with E-state index in [-0.39, 0.29) is 0 Å². The van der Waals surface area contributed by atoms with Crippen LogP contribution in [-0.4, -0.2) is 105 Å². The Labute approximate surface area is 163 Å². The van der Waals surface area contributed by atoms with Crippen LogP contribution in [0.3, 0.4) is 0 Å². The van der Waals surface area contributed by atoms with Crippen LogP contribution in [0.1, 0.15) is 15.9 Å². The van der Waals surface area contributed by atoms with Gasteiger partial charge in [-0.25, -0.2) is 4.79 Å². The molecule has 0 aliphatic heterocycles. The minimum absolute atomic E-state index is 0.339. The number of hydrogen-bond acceptors (Lipinski definition) is 9. The number of carboxylic acid groups (broad SMARTS) is 1. The molecule has 0 aliphatic carbocycles. The molecule has 0 atom stereocenters. The third-order valence-corrected chi connectivity index (χ3v) is 3.98. The molecule has 0 unspecified atom stereocenters. The summed E-state index contributed by atoms with van der Waals surface area (Å²) >= 11 is 0. The van der Waals surface area contributed by atoms with Crippen molar-refractivity contribution in [3.05, 3.63) is 35.4 Å². The summed E-state index contributed by atoms with van der Waals surface area (Å²) in [5.41, 5.74) is -0.810. The number of aliphatic hydroxyl groups is 8. The molecule has 1 aromatic carbocycles. The number of hydrogen-bond donors (Lipinski definition) is 9. The van der Waals surface area contributed by atoms with Crippen molar-refractivity contribution in [2.75, 3.05) is 52.9 Å². The summed E-state index contributed by atoms with van der Waals surface area (Å²) in [6.45, 7) is -1.33. The zero-order chi connectivity index (χ0) is 22.2. The third kappa shape index (κ3) is 10.1. The lowest BCUT2D eigenvalue weighted by Gasteiger charge is -2.23. The molecule has 9 N–H and O–H groups in total. The van der Waals surface area contributed by atoms with Gasteiger partial charge in [-0.2, -0.15) is 0 Å². The number of aromatic carboxylic acids is 1. The fourth-order valence-electron chi connectivity index (χ4n) is 1.30. The highest BCUT2D eigenvalue weighted by atomic mass is 16.4. The van der Waals surface area contributed by atoms with Crippen LogP contribution in [0.15, 0.2) is 24.3 Å². The summed E-state index contributed by atoms with van der Waals surface area (Å²) in [6, 6.07) is 6.75. The Kier molecular flexibility index (Phi) is 15.6. The SMILES string of the molecule is Cc1ccc(C(=O)O)cc1.OCC(CO)(CO)CO.OCC(CO)(CO)CO. The first-order valence-electron chi connectivity index (χ1n) is 8.36. The van der Waals surface area contributed by atoms with Crippen molar-refractivity contribution < 1.29 is 50.8 Å². The van der Waals surface area contributed by atoms with Gasteiger partial charge in [0, 0.05) is 0 Å². The van der Waals surface area contributed by atoms with Gasteiger partial charge < -0.3 is 46.0 Å². The number of carboxylic acids is 1. The van der Waals surface area contributed by atoms with E-state index in [9.17, 15) is 4.79 Å². The molecule has 10 heteroatoms. The Morgan fingerprint density at radius 2 is 0.893 bits per heavy atom. The van der Waals surface area contributed by atoms with E-state index in [1.807, 2.05) is 6.92 Å². The average molecular weight is 408 g/mol. The summed E-state index contributed by atoms with van der Waals surface area (Å²) in [4.78, 5) is 10.3. The monoisotopic (exact) mass is 408 g/mol. The Morgan fingerprint density at radius 1 is 0.643 bits per heavy atom. The van der Waals surface area contributed by atoms with Gasteiger partial charge >= 0.3 is 5.97 Å². The smallest absolute Gasteiger partial charge is 0.335 e. The van der Waals surface area contributed by atoms with Crippen LogP contribution in [0.25, 0.3) is 0 Å². The Morgan fingerprint density at radius 3 is 1.04 bits per heavy atom. The standard InChI is InChI=1S/C8H8O2.2C5H12O4/c1-6-2-4-7(5-3-6)8(9)10;2*6-1-5(2-7,3-8)4-9/h2-5H,1H3,(H,9,10);2*6-9H,1-4H2. The van der Waals surface area contributed by atoms with Crippen molar-refractivity contribution >= 4 is 5.97 Å². The summed E-state index contributed by atoms with van der Waals surface area (Å²) < 4.78 is 0. The van der Waals surface area contributed by atoms with Gasteiger partial charge in [0.15, 0.2) is 0 Å². The highest BCUT2D eigenvalue weighted by Gasteiger charge is 2.27. The van der Waals surface area contributed by atoms with Crippen LogP contribution in [0.4, 0.5) is 0 Å². The van der Waals surface area contributed by atoms with E-state index in [0.29, 0.717) is 5.56 Å². The molecule has 164 valence electrons. The largest absolute Gasteiger partial charge is 0.478 e. The molecule has 1 rings (SSSR count). The minimum Gasteiger partial charge on any atom is -0.478 e. The molecule has 0 saturated carbocycles. The van der Waals surface area contributed by atoms with Crippen molar-refractivity contribution in [1.29, 1.82) is 0 Å². The Bertz CT molecular complexity index is 455. The van der Waals surface area contributed by atoms with Gasteiger partial charge in [0.1, 0.15) is 0 Å². The number of benzene rings is 1. The van der Waals surface area contributed by atoms with Gasteiger partial charge in [0.05, 0.1) is 69.2 Å². The summed E-state index contributed by atoms with van der Waals surface area (Å²) in [5.74, 6) is -0.875. The van der Waals surface area contributed by atoms with Crippen molar-refractivity contribution in [3.8, 4) is 0 Å². The molecular weight excluding hydrogens is 376 g/mol. The zero-order valence-electron chi connectivity index (χ0n) is 15.9. The van der Waals surface area contributed by atoms with Gasteiger partial charge in [-0.1, -0.05) is 17.7 Å². The van der Waals surface area contributed by atoms with Gasteiger partial charge in [0.25, 0.3) is 0 Å². The molecule has 0 aliphatic rings. The highest BCUT2D eigenvalue weighted by Crippen LogP contribution is 2.12. The molecule has 1 aromatic rings. The predicted octanol–water partition coefficient (Wildman–Crippen LogP) is -2.42. The molecule has 28 heavy (non-hydrogen) atoms. The summed E-state index contributed by atoms with van der Waals surface area (Å²) in [5, 5.41) is 76.4. The van der Waals surface area contributed by atoms with Crippen molar-refractivity contribution in [1.82, 2.24) is 0 Å². The van der Waals surface area contributed by atoms with Crippen molar-refractivity contribution in [2.24, 2.45) is 10.8 Å². The van der Waals surface area contributed by atoms with Crippen LogP contribution < -0.4 is 0 Å². The number of aryl methyl sites for hydroxylation is 1. The Balaban J connectivity index is 0. The van der Waals surface area contributed by atoms with Crippen molar-refractivity contribution in [3.63, 3.8) is 0 Å². The Hall–Kier alpha value is -1.63. The second-order valence-corrected chi connectivity index (χ2v) is 6.44.